The number of hydrogen-bond acceptors (Lipinski definition) is 4. The number of carbonyl (C=O) groups is 3. The molecular weight excluding hydrogens is 424 g/mol. The monoisotopic (exact) mass is 456 g/mol. The van der Waals surface area contributed by atoms with Crippen LogP contribution in [-0.4, -0.2) is 40.4 Å². The minimum Gasteiger partial charge on any atom is -0.342 e. The van der Waals surface area contributed by atoms with E-state index in [-0.39, 0.29) is 29.3 Å². The van der Waals surface area contributed by atoms with Gasteiger partial charge in [-0.2, -0.15) is 0 Å². The van der Waals surface area contributed by atoms with E-state index in [1.165, 1.54) is 0 Å². The lowest BCUT2D eigenvalue weighted by Gasteiger charge is -2.44. The van der Waals surface area contributed by atoms with Crippen molar-refractivity contribution in [3.63, 3.8) is 0 Å². The van der Waals surface area contributed by atoms with Crippen LogP contribution in [0.2, 0.25) is 0 Å². The molecule has 0 N–H and O–H groups in total. The molecule has 0 atom stereocenters. The first-order valence-corrected chi connectivity index (χ1v) is 12.0. The minimum absolute atomic E-state index is 0.0145. The van der Waals surface area contributed by atoms with Gasteiger partial charge in [0, 0.05) is 37.7 Å². The van der Waals surface area contributed by atoms with Gasteiger partial charge in [0.05, 0.1) is 12.1 Å². The van der Waals surface area contributed by atoms with Gasteiger partial charge in [0.15, 0.2) is 0 Å². The molecule has 5 nitrogen and oxygen atoms in total. The molecule has 1 spiro atoms. The third-order valence-corrected chi connectivity index (χ3v) is 7.51. The topological polar surface area (TPSA) is 67.3 Å². The number of Topliss-reactive ketones (excluding diaryl/α,β-unsaturated/α-hetero) is 2. The van der Waals surface area contributed by atoms with Crippen LogP contribution in [0.3, 0.4) is 0 Å². The first-order valence-electron chi connectivity index (χ1n) is 12.0. The molecule has 34 heavy (non-hydrogen) atoms. The van der Waals surface area contributed by atoms with Crippen LogP contribution >= 0.6 is 0 Å². The Balaban J connectivity index is 1.45. The molecule has 0 radical (unpaired) electrons. The number of likely N-dealkylation sites (tertiary alicyclic amines) is 1. The Labute approximate surface area is 202 Å². The molecule has 0 bridgehead atoms. The van der Waals surface area contributed by atoms with Gasteiger partial charge in [-0.1, -0.05) is 12.0 Å². The van der Waals surface area contributed by atoms with Gasteiger partial charge in [0.25, 0.3) is 0 Å². The molecule has 1 aromatic heterocycles. The number of nitrogens with zero attached hydrogens (tertiary/aromatic N) is 2. The highest BCUT2D eigenvalue weighted by atomic mass is 16.2. The fourth-order valence-corrected chi connectivity index (χ4v) is 5.70. The van der Waals surface area contributed by atoms with Gasteiger partial charge < -0.3 is 4.90 Å². The zero-order valence-corrected chi connectivity index (χ0v) is 20.5. The number of hydrogen-bond donors (Lipinski definition) is 0. The lowest BCUT2D eigenvalue weighted by molar-refractivity contribution is -0.140. The quantitative estimate of drug-likeness (QED) is 0.512. The van der Waals surface area contributed by atoms with E-state index in [2.05, 4.69) is 16.8 Å². The first kappa shape index (κ1) is 23.9. The molecule has 1 aliphatic carbocycles. The van der Waals surface area contributed by atoms with Crippen molar-refractivity contribution in [1.29, 1.82) is 0 Å². The second kappa shape index (κ2) is 9.54. The highest BCUT2D eigenvalue weighted by molar-refractivity contribution is 6.10. The van der Waals surface area contributed by atoms with E-state index >= 15 is 0 Å². The molecule has 2 aromatic rings. The summed E-state index contributed by atoms with van der Waals surface area (Å²) in [4.78, 5) is 45.8. The van der Waals surface area contributed by atoms with Crippen molar-refractivity contribution in [2.24, 2.45) is 5.41 Å². The average Bonchev–Trinajstić information content (AvgIpc) is 2.77. The van der Waals surface area contributed by atoms with Crippen molar-refractivity contribution in [3.05, 3.63) is 64.0 Å². The molecule has 176 valence electrons. The number of amides is 1. The second-order valence-electron chi connectivity index (χ2n) is 9.94. The van der Waals surface area contributed by atoms with Gasteiger partial charge in [-0.25, -0.2) is 0 Å². The van der Waals surface area contributed by atoms with E-state index in [1.54, 1.807) is 13.1 Å². The van der Waals surface area contributed by atoms with Gasteiger partial charge in [-0.15, -0.1) is 5.92 Å². The van der Waals surface area contributed by atoms with Crippen LogP contribution in [0, 0.1) is 38.0 Å². The highest BCUT2D eigenvalue weighted by Crippen LogP contribution is 2.46. The molecule has 2 heterocycles. The normalized spacial score (nSPS) is 18.1. The zero-order chi connectivity index (χ0) is 24.5. The van der Waals surface area contributed by atoms with Crippen molar-refractivity contribution < 1.29 is 14.4 Å². The fourth-order valence-electron chi connectivity index (χ4n) is 5.70. The van der Waals surface area contributed by atoms with Gasteiger partial charge in [-0.3, -0.25) is 19.4 Å². The number of ketones is 2. The maximum Gasteiger partial charge on any atom is 0.228 e. The van der Waals surface area contributed by atoms with E-state index in [4.69, 9.17) is 0 Å². The Morgan fingerprint density at radius 2 is 1.68 bits per heavy atom. The molecule has 1 aliphatic heterocycles. The third-order valence-electron chi connectivity index (χ3n) is 7.51. The van der Waals surface area contributed by atoms with Crippen LogP contribution in [0.25, 0.3) is 0 Å². The Morgan fingerprint density at radius 1 is 1.06 bits per heavy atom. The largest absolute Gasteiger partial charge is 0.342 e. The lowest BCUT2D eigenvalue weighted by atomic mass is 9.62. The Kier molecular flexibility index (Phi) is 6.70. The van der Waals surface area contributed by atoms with Crippen molar-refractivity contribution in [2.75, 3.05) is 13.1 Å². The van der Waals surface area contributed by atoms with Gasteiger partial charge >= 0.3 is 0 Å². The summed E-state index contributed by atoms with van der Waals surface area (Å²) in [5.41, 5.74) is 5.16. The number of aryl methyl sites for hydroxylation is 3. The Hall–Kier alpha value is -3.26. The van der Waals surface area contributed by atoms with Gasteiger partial charge in [0.1, 0.15) is 17.5 Å². The standard InChI is InChI=1S/C29H32N2O3/c1-5-7-22-14-20(3)27(21(4)15-22)28-24(32)17-29(18-25(28)33)9-12-31(13-10-29)26(34)16-23-19(2)8-6-11-30-23/h6,8,11,14-15,28H,9-10,12-13,16-18H2,1-4H3. The van der Waals surface area contributed by atoms with E-state index in [9.17, 15) is 14.4 Å². The van der Waals surface area contributed by atoms with Crippen molar-refractivity contribution in [2.45, 2.75) is 65.7 Å². The molecule has 5 heteroatoms. The van der Waals surface area contributed by atoms with E-state index < -0.39 is 5.92 Å². The molecular formula is C29H32N2O3. The van der Waals surface area contributed by atoms with Crippen molar-refractivity contribution in [1.82, 2.24) is 9.88 Å². The predicted octanol–water partition coefficient (Wildman–Crippen LogP) is 4.25. The number of carbonyl (C=O) groups excluding carboxylic acids is 3. The second-order valence-corrected chi connectivity index (χ2v) is 9.94. The number of aromatic nitrogens is 1. The molecule has 1 aromatic carbocycles. The maximum atomic E-state index is 13.4. The number of piperidine rings is 1. The van der Waals surface area contributed by atoms with Gasteiger partial charge in [0.2, 0.25) is 5.91 Å². The summed E-state index contributed by atoms with van der Waals surface area (Å²) in [5.74, 6) is 5.38. The van der Waals surface area contributed by atoms with E-state index in [0.717, 1.165) is 33.5 Å². The summed E-state index contributed by atoms with van der Waals surface area (Å²) in [6.45, 7) is 8.84. The lowest BCUT2D eigenvalue weighted by Crippen LogP contribution is -2.48. The van der Waals surface area contributed by atoms with Crippen LogP contribution in [0.15, 0.2) is 30.5 Å². The molecule has 1 saturated heterocycles. The molecule has 1 saturated carbocycles. The van der Waals surface area contributed by atoms with Crippen LogP contribution in [-0.2, 0) is 20.8 Å². The Bertz CT molecular complexity index is 1170. The summed E-state index contributed by atoms with van der Waals surface area (Å²) in [6, 6.07) is 7.77. The smallest absolute Gasteiger partial charge is 0.228 e. The minimum atomic E-state index is -0.680. The SMILES string of the molecule is CC#Cc1cc(C)c(C2C(=O)CC3(CCN(C(=O)Cc4ncccc4C)CC3)CC2=O)c(C)c1. The molecule has 4 rings (SSSR count). The fraction of sp³-hybridized carbons (Fsp3) is 0.448. The van der Waals surface area contributed by atoms with E-state index in [0.29, 0.717) is 38.8 Å². The average molecular weight is 457 g/mol. The number of pyridine rings is 1. The molecule has 0 unspecified atom stereocenters. The summed E-state index contributed by atoms with van der Waals surface area (Å²) >= 11 is 0. The predicted molar refractivity (Wildman–Crippen MR) is 131 cm³/mol. The molecule has 2 aliphatic rings. The summed E-state index contributed by atoms with van der Waals surface area (Å²) in [7, 11) is 0. The molecule has 1 amide bonds. The summed E-state index contributed by atoms with van der Waals surface area (Å²) in [5, 5.41) is 0. The summed E-state index contributed by atoms with van der Waals surface area (Å²) in [6.07, 6.45) is 4.18. The van der Waals surface area contributed by atoms with Crippen LogP contribution in [0.4, 0.5) is 0 Å². The maximum absolute atomic E-state index is 13.4. The number of rotatable bonds is 3. The highest BCUT2D eigenvalue weighted by Gasteiger charge is 2.47. The van der Waals surface area contributed by atoms with Crippen LogP contribution in [0.5, 0.6) is 0 Å². The van der Waals surface area contributed by atoms with Gasteiger partial charge in [-0.05, 0) is 86.4 Å². The Morgan fingerprint density at radius 3 is 2.24 bits per heavy atom. The molecule has 2 fully saturated rings. The first-order chi connectivity index (χ1) is 16.2. The number of benzene rings is 1. The third kappa shape index (κ3) is 4.68. The van der Waals surface area contributed by atoms with E-state index in [1.807, 2.05) is 49.9 Å². The zero-order valence-electron chi connectivity index (χ0n) is 20.5. The van der Waals surface area contributed by atoms with Crippen molar-refractivity contribution in [3.8, 4) is 11.8 Å². The van der Waals surface area contributed by atoms with Crippen LogP contribution < -0.4 is 0 Å². The van der Waals surface area contributed by atoms with Crippen LogP contribution in [0.1, 0.15) is 72.0 Å². The van der Waals surface area contributed by atoms with Crippen molar-refractivity contribution >= 4 is 17.5 Å². The summed E-state index contributed by atoms with van der Waals surface area (Å²) < 4.78 is 0.